The molecule has 5 heteroatoms. The Morgan fingerprint density at radius 1 is 1.20 bits per heavy atom. The van der Waals surface area contributed by atoms with Gasteiger partial charge in [0.25, 0.3) is 0 Å². The van der Waals surface area contributed by atoms with Gasteiger partial charge in [-0.2, -0.15) is 5.26 Å². The summed E-state index contributed by atoms with van der Waals surface area (Å²) < 4.78 is 10.5. The number of benzene rings is 2. The van der Waals surface area contributed by atoms with Crippen molar-refractivity contribution in [3.05, 3.63) is 53.6 Å². The summed E-state index contributed by atoms with van der Waals surface area (Å²) in [6.07, 6.45) is 0. The number of hydrogen-bond acceptors (Lipinski definition) is 4. The zero-order chi connectivity index (χ0) is 14.5. The fourth-order valence-electron chi connectivity index (χ4n) is 1.66. The van der Waals surface area contributed by atoms with Gasteiger partial charge < -0.3 is 14.6 Å². The number of aromatic carboxylic acids is 1. The van der Waals surface area contributed by atoms with E-state index in [0.29, 0.717) is 17.1 Å². The van der Waals surface area contributed by atoms with Crippen LogP contribution in [0.15, 0.2) is 42.5 Å². The SMILES string of the molecule is COc1ccc(Oc2ccccc2C#N)c(C(=O)O)c1. The van der Waals surface area contributed by atoms with E-state index in [1.807, 2.05) is 6.07 Å². The maximum atomic E-state index is 11.2. The van der Waals surface area contributed by atoms with Crippen LogP contribution in [-0.2, 0) is 0 Å². The van der Waals surface area contributed by atoms with Gasteiger partial charge in [-0.05, 0) is 30.3 Å². The molecule has 5 nitrogen and oxygen atoms in total. The second-order valence-corrected chi connectivity index (χ2v) is 3.88. The fraction of sp³-hybridized carbons (Fsp3) is 0.0667. The third-order valence-corrected chi connectivity index (χ3v) is 2.64. The highest BCUT2D eigenvalue weighted by atomic mass is 16.5. The van der Waals surface area contributed by atoms with Crippen LogP contribution in [0.3, 0.4) is 0 Å². The number of methoxy groups -OCH3 is 1. The van der Waals surface area contributed by atoms with Gasteiger partial charge in [0.1, 0.15) is 28.9 Å². The van der Waals surface area contributed by atoms with Crippen LogP contribution in [0.25, 0.3) is 0 Å². The Kier molecular flexibility index (Phi) is 3.87. The van der Waals surface area contributed by atoms with Crippen molar-refractivity contribution in [1.29, 1.82) is 5.26 Å². The zero-order valence-corrected chi connectivity index (χ0v) is 10.7. The van der Waals surface area contributed by atoms with E-state index in [9.17, 15) is 9.90 Å². The molecule has 0 heterocycles. The van der Waals surface area contributed by atoms with Crippen LogP contribution >= 0.6 is 0 Å². The zero-order valence-electron chi connectivity index (χ0n) is 10.7. The second kappa shape index (κ2) is 5.76. The van der Waals surface area contributed by atoms with Crippen molar-refractivity contribution in [3.8, 4) is 23.3 Å². The molecule has 2 aromatic rings. The summed E-state index contributed by atoms with van der Waals surface area (Å²) in [6, 6.07) is 13.1. The molecule has 20 heavy (non-hydrogen) atoms. The van der Waals surface area contributed by atoms with E-state index in [0.717, 1.165) is 0 Å². The third kappa shape index (κ3) is 2.70. The summed E-state index contributed by atoms with van der Waals surface area (Å²) in [5.74, 6) is -0.250. The molecule has 0 fully saturated rings. The Morgan fingerprint density at radius 3 is 2.60 bits per heavy atom. The molecule has 0 saturated carbocycles. The Morgan fingerprint density at radius 2 is 1.95 bits per heavy atom. The monoisotopic (exact) mass is 269 g/mol. The van der Waals surface area contributed by atoms with Crippen LogP contribution < -0.4 is 9.47 Å². The predicted molar refractivity (Wildman–Crippen MR) is 71.2 cm³/mol. The quantitative estimate of drug-likeness (QED) is 0.922. The van der Waals surface area contributed by atoms with Crippen molar-refractivity contribution in [2.45, 2.75) is 0 Å². The lowest BCUT2D eigenvalue weighted by Crippen LogP contribution is -2.01. The summed E-state index contributed by atoms with van der Waals surface area (Å²) in [7, 11) is 1.45. The van der Waals surface area contributed by atoms with Crippen molar-refractivity contribution in [1.82, 2.24) is 0 Å². The van der Waals surface area contributed by atoms with Gasteiger partial charge in [-0.3, -0.25) is 0 Å². The molecule has 2 aromatic carbocycles. The number of carboxylic acids is 1. The van der Waals surface area contributed by atoms with Gasteiger partial charge in [-0.1, -0.05) is 12.1 Å². The van der Waals surface area contributed by atoms with Crippen LogP contribution in [0.2, 0.25) is 0 Å². The molecule has 0 aliphatic heterocycles. The number of hydrogen-bond donors (Lipinski definition) is 1. The van der Waals surface area contributed by atoms with Gasteiger partial charge in [0.15, 0.2) is 0 Å². The Hall–Kier alpha value is -3.00. The van der Waals surface area contributed by atoms with Gasteiger partial charge in [-0.15, -0.1) is 0 Å². The number of nitriles is 1. The predicted octanol–water partition coefficient (Wildman–Crippen LogP) is 3.06. The van der Waals surface area contributed by atoms with Crippen LogP contribution in [-0.4, -0.2) is 18.2 Å². The first kappa shape index (κ1) is 13.4. The topological polar surface area (TPSA) is 79.5 Å². The molecule has 0 radical (unpaired) electrons. The minimum Gasteiger partial charge on any atom is -0.497 e. The Labute approximate surface area is 115 Å². The normalized spacial score (nSPS) is 9.60. The van der Waals surface area contributed by atoms with Gasteiger partial charge in [0.05, 0.1) is 12.7 Å². The largest absolute Gasteiger partial charge is 0.497 e. The molecular formula is C15H11NO4. The standard InChI is InChI=1S/C15H11NO4/c1-19-11-6-7-14(12(8-11)15(17)18)20-13-5-3-2-4-10(13)9-16/h2-8H,1H3,(H,17,18). The number of carbonyl (C=O) groups is 1. The fourth-order valence-corrected chi connectivity index (χ4v) is 1.66. The van der Waals surface area contributed by atoms with E-state index in [4.69, 9.17) is 14.7 Å². The molecule has 1 N–H and O–H groups in total. The first-order chi connectivity index (χ1) is 9.65. The van der Waals surface area contributed by atoms with Gasteiger partial charge in [-0.25, -0.2) is 4.79 Å². The van der Waals surface area contributed by atoms with E-state index >= 15 is 0 Å². The van der Waals surface area contributed by atoms with Crippen molar-refractivity contribution < 1.29 is 19.4 Å². The highest BCUT2D eigenvalue weighted by molar-refractivity contribution is 5.91. The average Bonchev–Trinajstić information content (AvgIpc) is 2.48. The summed E-state index contributed by atoms with van der Waals surface area (Å²) in [5, 5.41) is 18.2. The molecule has 0 bridgehead atoms. The highest BCUT2D eigenvalue weighted by Crippen LogP contribution is 2.30. The van der Waals surface area contributed by atoms with E-state index in [1.54, 1.807) is 30.3 Å². The minimum absolute atomic E-state index is 0.0305. The first-order valence-electron chi connectivity index (χ1n) is 5.74. The molecule has 100 valence electrons. The summed E-state index contributed by atoms with van der Waals surface area (Å²) >= 11 is 0. The maximum Gasteiger partial charge on any atom is 0.339 e. The molecule has 0 saturated heterocycles. The smallest absolute Gasteiger partial charge is 0.339 e. The van der Waals surface area contributed by atoms with Crippen LogP contribution in [0.4, 0.5) is 0 Å². The second-order valence-electron chi connectivity index (χ2n) is 3.88. The molecule has 0 aromatic heterocycles. The molecular weight excluding hydrogens is 258 g/mol. The van der Waals surface area contributed by atoms with E-state index in [2.05, 4.69) is 0 Å². The van der Waals surface area contributed by atoms with Gasteiger partial charge in [0, 0.05) is 0 Å². The van der Waals surface area contributed by atoms with E-state index in [-0.39, 0.29) is 11.3 Å². The average molecular weight is 269 g/mol. The number of ether oxygens (including phenoxy) is 2. The Balaban J connectivity index is 2.43. The molecule has 0 amide bonds. The van der Waals surface area contributed by atoms with Crippen molar-refractivity contribution in [3.63, 3.8) is 0 Å². The molecule has 0 aliphatic rings. The summed E-state index contributed by atoms with van der Waals surface area (Å²) in [6.45, 7) is 0. The Bertz CT molecular complexity index is 689. The maximum absolute atomic E-state index is 11.2. The van der Waals surface area contributed by atoms with Crippen LogP contribution in [0.1, 0.15) is 15.9 Å². The molecule has 0 atom stereocenters. The van der Waals surface area contributed by atoms with E-state index < -0.39 is 5.97 Å². The summed E-state index contributed by atoms with van der Waals surface area (Å²) in [4.78, 5) is 11.2. The van der Waals surface area contributed by atoms with E-state index in [1.165, 1.54) is 19.2 Å². The lowest BCUT2D eigenvalue weighted by Gasteiger charge is -2.11. The first-order valence-corrected chi connectivity index (χ1v) is 5.74. The van der Waals surface area contributed by atoms with Crippen molar-refractivity contribution in [2.24, 2.45) is 0 Å². The summed E-state index contributed by atoms with van der Waals surface area (Å²) in [5.41, 5.74) is 0.303. The van der Waals surface area contributed by atoms with Crippen molar-refractivity contribution >= 4 is 5.97 Å². The number of para-hydroxylation sites is 1. The lowest BCUT2D eigenvalue weighted by molar-refractivity contribution is 0.0693. The number of nitrogens with zero attached hydrogens (tertiary/aromatic N) is 1. The minimum atomic E-state index is -1.13. The van der Waals surface area contributed by atoms with Crippen LogP contribution in [0.5, 0.6) is 17.2 Å². The number of carboxylic acid groups (broad SMARTS) is 1. The van der Waals surface area contributed by atoms with Gasteiger partial charge >= 0.3 is 5.97 Å². The highest BCUT2D eigenvalue weighted by Gasteiger charge is 2.14. The lowest BCUT2D eigenvalue weighted by atomic mass is 10.2. The molecule has 0 unspecified atom stereocenters. The third-order valence-electron chi connectivity index (χ3n) is 2.64. The molecule has 0 aliphatic carbocycles. The molecule has 0 spiro atoms. The molecule has 2 rings (SSSR count). The van der Waals surface area contributed by atoms with Gasteiger partial charge in [0.2, 0.25) is 0 Å². The van der Waals surface area contributed by atoms with Crippen LogP contribution in [0, 0.1) is 11.3 Å². The number of rotatable bonds is 4. The van der Waals surface area contributed by atoms with Crippen molar-refractivity contribution in [2.75, 3.05) is 7.11 Å².